The molecule has 0 amide bonds. The van der Waals surface area contributed by atoms with Crippen LogP contribution in [0.3, 0.4) is 0 Å². The predicted molar refractivity (Wildman–Crippen MR) is 80.6 cm³/mol. The van der Waals surface area contributed by atoms with Gasteiger partial charge in [-0.05, 0) is 25.0 Å². The van der Waals surface area contributed by atoms with E-state index in [1.165, 1.54) is 12.8 Å². The third-order valence-electron chi connectivity index (χ3n) is 3.78. The summed E-state index contributed by atoms with van der Waals surface area (Å²) in [5.74, 6) is 0. The Bertz CT molecular complexity index is 645. The van der Waals surface area contributed by atoms with Crippen LogP contribution in [-0.2, 0) is 0 Å². The van der Waals surface area contributed by atoms with Gasteiger partial charge in [0.15, 0.2) is 6.29 Å². The van der Waals surface area contributed by atoms with Crippen LogP contribution in [0, 0.1) is 0 Å². The summed E-state index contributed by atoms with van der Waals surface area (Å²) in [6.45, 7) is 0. The zero-order chi connectivity index (χ0) is 14.1. The maximum absolute atomic E-state index is 11.3. The second-order valence-corrected chi connectivity index (χ2v) is 5.91. The van der Waals surface area contributed by atoms with E-state index in [2.05, 4.69) is 5.10 Å². The van der Waals surface area contributed by atoms with Crippen LogP contribution in [-0.4, -0.2) is 16.1 Å². The SMILES string of the molecule is O=Cc1cn(C2CCCC2)nc1-c1ccc(Cl)c(Cl)c1. The fourth-order valence-corrected chi connectivity index (χ4v) is 3.01. The van der Waals surface area contributed by atoms with Crippen LogP contribution in [0.15, 0.2) is 24.4 Å². The average Bonchev–Trinajstić information content (AvgIpc) is 3.09. The Hall–Kier alpha value is -1.32. The van der Waals surface area contributed by atoms with E-state index in [4.69, 9.17) is 23.2 Å². The minimum absolute atomic E-state index is 0.408. The standard InChI is InChI=1S/C15H14Cl2N2O/c16-13-6-5-10(7-14(13)17)15-11(9-20)8-19(18-15)12-3-1-2-4-12/h5-9,12H,1-4H2. The Morgan fingerprint density at radius 3 is 2.60 bits per heavy atom. The quantitative estimate of drug-likeness (QED) is 0.764. The number of benzene rings is 1. The molecule has 0 spiro atoms. The summed E-state index contributed by atoms with van der Waals surface area (Å²) in [5, 5.41) is 5.56. The van der Waals surface area contributed by atoms with Gasteiger partial charge in [0.25, 0.3) is 0 Å². The van der Waals surface area contributed by atoms with Crippen LogP contribution in [0.1, 0.15) is 42.1 Å². The molecule has 1 heterocycles. The zero-order valence-electron chi connectivity index (χ0n) is 10.9. The summed E-state index contributed by atoms with van der Waals surface area (Å²) >= 11 is 12.0. The highest BCUT2D eigenvalue weighted by Crippen LogP contribution is 2.33. The van der Waals surface area contributed by atoms with E-state index in [0.717, 1.165) is 24.7 Å². The van der Waals surface area contributed by atoms with E-state index in [9.17, 15) is 4.79 Å². The lowest BCUT2D eigenvalue weighted by atomic mass is 10.1. The Morgan fingerprint density at radius 1 is 1.20 bits per heavy atom. The van der Waals surface area contributed by atoms with Gasteiger partial charge in [0, 0.05) is 11.8 Å². The van der Waals surface area contributed by atoms with Crippen LogP contribution >= 0.6 is 23.2 Å². The highest BCUT2D eigenvalue weighted by Gasteiger charge is 2.20. The zero-order valence-corrected chi connectivity index (χ0v) is 12.4. The summed E-state index contributed by atoms with van der Waals surface area (Å²) in [4.78, 5) is 11.3. The lowest BCUT2D eigenvalue weighted by Crippen LogP contribution is -2.04. The molecule has 3 rings (SSSR count). The van der Waals surface area contributed by atoms with Crippen LogP contribution in [0.25, 0.3) is 11.3 Å². The number of aldehydes is 1. The number of aromatic nitrogens is 2. The first-order valence-corrected chi connectivity index (χ1v) is 7.44. The molecule has 0 N–H and O–H groups in total. The molecular formula is C15H14Cl2N2O. The fourth-order valence-electron chi connectivity index (χ4n) is 2.72. The Kier molecular flexibility index (Phi) is 3.81. The molecule has 0 unspecified atom stereocenters. The molecule has 1 saturated carbocycles. The molecular weight excluding hydrogens is 295 g/mol. The minimum atomic E-state index is 0.408. The van der Waals surface area contributed by atoms with Crippen molar-refractivity contribution in [3.63, 3.8) is 0 Å². The van der Waals surface area contributed by atoms with Gasteiger partial charge in [-0.1, -0.05) is 42.1 Å². The van der Waals surface area contributed by atoms with Crippen molar-refractivity contribution in [3.8, 4) is 11.3 Å². The first-order chi connectivity index (χ1) is 9.69. The fraction of sp³-hybridized carbons (Fsp3) is 0.333. The average molecular weight is 309 g/mol. The van der Waals surface area contributed by atoms with E-state index in [1.807, 2.05) is 16.9 Å². The van der Waals surface area contributed by atoms with Crippen molar-refractivity contribution in [3.05, 3.63) is 40.0 Å². The molecule has 0 saturated heterocycles. The number of carbonyl (C=O) groups excluding carboxylic acids is 1. The number of hydrogen-bond donors (Lipinski definition) is 0. The second-order valence-electron chi connectivity index (χ2n) is 5.10. The van der Waals surface area contributed by atoms with Gasteiger partial charge in [-0.25, -0.2) is 0 Å². The van der Waals surface area contributed by atoms with Crippen molar-refractivity contribution in [2.75, 3.05) is 0 Å². The molecule has 0 radical (unpaired) electrons. The number of hydrogen-bond acceptors (Lipinski definition) is 2. The molecule has 104 valence electrons. The summed E-state index contributed by atoms with van der Waals surface area (Å²) in [5.41, 5.74) is 2.08. The largest absolute Gasteiger partial charge is 0.298 e. The summed E-state index contributed by atoms with van der Waals surface area (Å²) in [6.07, 6.45) is 7.38. The molecule has 2 aromatic rings. The molecule has 1 fully saturated rings. The molecule has 1 aliphatic rings. The molecule has 1 aliphatic carbocycles. The number of halogens is 2. The number of nitrogens with zero attached hydrogens (tertiary/aromatic N) is 2. The van der Waals surface area contributed by atoms with Gasteiger partial charge in [-0.2, -0.15) is 5.10 Å². The number of carbonyl (C=O) groups is 1. The Balaban J connectivity index is 2.03. The van der Waals surface area contributed by atoms with Crippen LogP contribution in [0.2, 0.25) is 10.0 Å². The maximum atomic E-state index is 11.3. The van der Waals surface area contributed by atoms with Crippen molar-refractivity contribution < 1.29 is 4.79 Å². The van der Waals surface area contributed by atoms with Crippen molar-refractivity contribution in [2.24, 2.45) is 0 Å². The Morgan fingerprint density at radius 2 is 1.95 bits per heavy atom. The highest BCUT2D eigenvalue weighted by atomic mass is 35.5. The first kappa shape index (κ1) is 13.7. The normalized spacial score (nSPS) is 15.7. The lowest BCUT2D eigenvalue weighted by molar-refractivity contribution is 0.112. The van der Waals surface area contributed by atoms with Crippen molar-refractivity contribution in [2.45, 2.75) is 31.7 Å². The molecule has 0 aliphatic heterocycles. The monoisotopic (exact) mass is 308 g/mol. The molecule has 0 bridgehead atoms. The van der Waals surface area contributed by atoms with Gasteiger partial charge in [-0.15, -0.1) is 0 Å². The molecule has 0 atom stereocenters. The smallest absolute Gasteiger partial charge is 0.153 e. The molecule has 1 aromatic heterocycles. The molecule has 3 nitrogen and oxygen atoms in total. The lowest BCUT2D eigenvalue weighted by Gasteiger charge is -2.08. The van der Waals surface area contributed by atoms with Crippen molar-refractivity contribution in [1.82, 2.24) is 9.78 Å². The van der Waals surface area contributed by atoms with E-state index < -0.39 is 0 Å². The summed E-state index contributed by atoms with van der Waals surface area (Å²) in [6, 6.07) is 5.72. The van der Waals surface area contributed by atoms with E-state index in [0.29, 0.717) is 27.3 Å². The van der Waals surface area contributed by atoms with Gasteiger partial charge >= 0.3 is 0 Å². The highest BCUT2D eigenvalue weighted by molar-refractivity contribution is 6.42. The van der Waals surface area contributed by atoms with Gasteiger partial charge in [0.2, 0.25) is 0 Å². The van der Waals surface area contributed by atoms with Gasteiger partial charge < -0.3 is 0 Å². The van der Waals surface area contributed by atoms with E-state index in [1.54, 1.807) is 12.1 Å². The Labute approximate surface area is 127 Å². The molecule has 5 heteroatoms. The van der Waals surface area contributed by atoms with Crippen molar-refractivity contribution in [1.29, 1.82) is 0 Å². The van der Waals surface area contributed by atoms with Crippen LogP contribution in [0.4, 0.5) is 0 Å². The third-order valence-corrected chi connectivity index (χ3v) is 4.52. The van der Waals surface area contributed by atoms with E-state index in [-0.39, 0.29) is 0 Å². The molecule has 20 heavy (non-hydrogen) atoms. The van der Waals surface area contributed by atoms with Crippen LogP contribution in [0.5, 0.6) is 0 Å². The predicted octanol–water partition coefficient (Wildman–Crippen LogP) is 4.78. The third kappa shape index (κ3) is 2.48. The first-order valence-electron chi connectivity index (χ1n) is 6.69. The van der Waals surface area contributed by atoms with Gasteiger partial charge in [-0.3, -0.25) is 9.48 Å². The van der Waals surface area contributed by atoms with Crippen molar-refractivity contribution >= 4 is 29.5 Å². The maximum Gasteiger partial charge on any atom is 0.153 e. The number of rotatable bonds is 3. The van der Waals surface area contributed by atoms with E-state index >= 15 is 0 Å². The molecule has 1 aromatic carbocycles. The second kappa shape index (κ2) is 5.58. The van der Waals surface area contributed by atoms with Crippen LogP contribution < -0.4 is 0 Å². The van der Waals surface area contributed by atoms with Gasteiger partial charge in [0.1, 0.15) is 5.69 Å². The summed E-state index contributed by atoms with van der Waals surface area (Å²) in [7, 11) is 0. The van der Waals surface area contributed by atoms with Gasteiger partial charge in [0.05, 0.1) is 21.7 Å². The topological polar surface area (TPSA) is 34.9 Å². The summed E-state index contributed by atoms with van der Waals surface area (Å²) < 4.78 is 1.93. The minimum Gasteiger partial charge on any atom is -0.298 e.